The number of carboxylic acid groups (broad SMARTS) is 1. The van der Waals surface area contributed by atoms with Crippen molar-refractivity contribution in [3.8, 4) is 0 Å². The summed E-state index contributed by atoms with van der Waals surface area (Å²) in [5.74, 6) is -1.02. The van der Waals surface area contributed by atoms with Crippen LogP contribution in [-0.2, 0) is 11.0 Å². The molecule has 22 heavy (non-hydrogen) atoms. The Morgan fingerprint density at radius 1 is 1.32 bits per heavy atom. The van der Waals surface area contributed by atoms with E-state index in [1.165, 1.54) is 6.07 Å². The minimum absolute atomic E-state index is 0.00940. The third-order valence-corrected chi connectivity index (χ3v) is 4.58. The number of nitrogens with zero attached hydrogens (tertiary/aromatic N) is 1. The highest BCUT2D eigenvalue weighted by molar-refractivity contribution is 5.70. The van der Waals surface area contributed by atoms with Gasteiger partial charge in [-0.2, -0.15) is 13.2 Å². The second-order valence-corrected chi connectivity index (χ2v) is 5.91. The van der Waals surface area contributed by atoms with Crippen LogP contribution in [0.5, 0.6) is 0 Å². The van der Waals surface area contributed by atoms with Crippen molar-refractivity contribution in [2.24, 2.45) is 11.8 Å². The molecule has 0 saturated heterocycles. The zero-order chi connectivity index (χ0) is 16.3. The summed E-state index contributed by atoms with van der Waals surface area (Å²) >= 11 is 0. The van der Waals surface area contributed by atoms with E-state index in [2.05, 4.69) is 4.98 Å². The molecule has 1 heterocycles. The molecule has 0 bridgehead atoms. The lowest BCUT2D eigenvalue weighted by atomic mass is 9.74. The molecule has 1 aliphatic carbocycles. The van der Waals surface area contributed by atoms with Crippen molar-refractivity contribution in [2.75, 3.05) is 0 Å². The fourth-order valence-corrected chi connectivity index (χ4v) is 3.36. The third kappa shape index (κ3) is 3.78. The van der Waals surface area contributed by atoms with E-state index in [-0.39, 0.29) is 17.8 Å². The Balaban J connectivity index is 2.04. The van der Waals surface area contributed by atoms with Crippen molar-refractivity contribution >= 4 is 5.97 Å². The van der Waals surface area contributed by atoms with Crippen LogP contribution in [-0.4, -0.2) is 16.1 Å². The van der Waals surface area contributed by atoms with Gasteiger partial charge in [-0.1, -0.05) is 13.0 Å². The quantitative estimate of drug-likeness (QED) is 0.891. The van der Waals surface area contributed by atoms with Gasteiger partial charge in [-0.25, -0.2) is 4.98 Å². The molecule has 0 radical (unpaired) electrons. The summed E-state index contributed by atoms with van der Waals surface area (Å²) in [4.78, 5) is 15.0. The average Bonchev–Trinajstić information content (AvgIpc) is 2.47. The van der Waals surface area contributed by atoms with Gasteiger partial charge in [0.05, 0.1) is 5.92 Å². The summed E-state index contributed by atoms with van der Waals surface area (Å²) in [6.45, 7) is 1.86. The van der Waals surface area contributed by atoms with Crippen LogP contribution in [0.1, 0.15) is 56.3 Å². The van der Waals surface area contributed by atoms with Crippen LogP contribution in [0.15, 0.2) is 18.2 Å². The van der Waals surface area contributed by atoms with Gasteiger partial charge in [0.2, 0.25) is 0 Å². The van der Waals surface area contributed by atoms with Crippen molar-refractivity contribution in [1.82, 2.24) is 4.98 Å². The topological polar surface area (TPSA) is 50.2 Å². The molecular formula is C16H20F3NO2. The standard InChI is InChI=1S/C16H20F3NO2/c1-2-12(15(21)22)10-6-8-11(9-7-10)13-4-3-5-14(20-13)16(17,18)19/h3-5,10-12H,2,6-9H2,1H3,(H,21,22). The molecule has 122 valence electrons. The number of carboxylic acids is 1. The molecule has 1 fully saturated rings. The molecule has 1 aromatic heterocycles. The minimum Gasteiger partial charge on any atom is -0.481 e. The van der Waals surface area contributed by atoms with Gasteiger partial charge in [-0.3, -0.25) is 4.79 Å². The molecule has 1 saturated carbocycles. The number of halogens is 3. The zero-order valence-electron chi connectivity index (χ0n) is 12.4. The Kier molecular flexibility index (Phi) is 5.08. The van der Waals surface area contributed by atoms with Crippen LogP contribution in [0.2, 0.25) is 0 Å². The van der Waals surface area contributed by atoms with Gasteiger partial charge in [0.25, 0.3) is 0 Å². The van der Waals surface area contributed by atoms with Crippen LogP contribution in [0.4, 0.5) is 13.2 Å². The van der Waals surface area contributed by atoms with Crippen molar-refractivity contribution < 1.29 is 23.1 Å². The summed E-state index contributed by atoms with van der Waals surface area (Å²) in [5.41, 5.74) is -0.388. The SMILES string of the molecule is CCC(C(=O)O)C1CCC(c2cccc(C(F)(F)F)n2)CC1. The van der Waals surface area contributed by atoms with E-state index in [4.69, 9.17) is 0 Å². The molecule has 3 nitrogen and oxygen atoms in total. The zero-order valence-corrected chi connectivity index (χ0v) is 12.4. The number of aliphatic carboxylic acids is 1. The van der Waals surface area contributed by atoms with Crippen LogP contribution in [0.25, 0.3) is 0 Å². The number of hydrogen-bond acceptors (Lipinski definition) is 2. The van der Waals surface area contributed by atoms with Crippen LogP contribution in [0, 0.1) is 11.8 Å². The molecule has 1 aromatic rings. The maximum absolute atomic E-state index is 12.7. The monoisotopic (exact) mass is 315 g/mol. The first-order valence-electron chi connectivity index (χ1n) is 7.59. The molecule has 1 N–H and O–H groups in total. The minimum atomic E-state index is -4.43. The second-order valence-electron chi connectivity index (χ2n) is 5.91. The fraction of sp³-hybridized carbons (Fsp3) is 0.625. The van der Waals surface area contributed by atoms with E-state index in [9.17, 15) is 23.1 Å². The number of rotatable bonds is 4. The highest BCUT2D eigenvalue weighted by Crippen LogP contribution is 2.39. The van der Waals surface area contributed by atoms with Gasteiger partial charge in [-0.15, -0.1) is 0 Å². The molecule has 0 spiro atoms. The van der Waals surface area contributed by atoms with Gasteiger partial charge in [0.15, 0.2) is 0 Å². The molecular weight excluding hydrogens is 295 g/mol. The second kappa shape index (κ2) is 6.67. The summed E-state index contributed by atoms with van der Waals surface area (Å²) in [7, 11) is 0. The van der Waals surface area contributed by atoms with Crippen LogP contribution >= 0.6 is 0 Å². The maximum Gasteiger partial charge on any atom is 0.433 e. The summed E-state index contributed by atoms with van der Waals surface area (Å²) in [6.07, 6.45) is -0.984. The van der Waals surface area contributed by atoms with E-state index in [1.807, 2.05) is 6.92 Å². The van der Waals surface area contributed by atoms with Crippen molar-refractivity contribution in [3.63, 3.8) is 0 Å². The number of pyridine rings is 1. The van der Waals surface area contributed by atoms with Crippen LogP contribution in [0.3, 0.4) is 0 Å². The summed E-state index contributed by atoms with van der Waals surface area (Å²) in [6, 6.07) is 4.00. The van der Waals surface area contributed by atoms with E-state index < -0.39 is 17.8 Å². The lowest BCUT2D eigenvalue weighted by Crippen LogP contribution is -2.27. The van der Waals surface area contributed by atoms with Gasteiger partial charge >= 0.3 is 12.1 Å². The lowest BCUT2D eigenvalue weighted by molar-refractivity contribution is -0.144. The predicted molar refractivity (Wildman–Crippen MR) is 75.4 cm³/mol. The lowest BCUT2D eigenvalue weighted by Gasteiger charge is -2.31. The molecule has 1 unspecified atom stereocenters. The summed E-state index contributed by atoms with van der Waals surface area (Å²) < 4.78 is 38.1. The number of carbonyl (C=O) groups is 1. The number of hydrogen-bond donors (Lipinski definition) is 1. The fourth-order valence-electron chi connectivity index (χ4n) is 3.36. The van der Waals surface area contributed by atoms with E-state index in [1.54, 1.807) is 6.07 Å². The van der Waals surface area contributed by atoms with Crippen LogP contribution < -0.4 is 0 Å². The molecule has 0 amide bonds. The molecule has 6 heteroatoms. The molecule has 2 rings (SSSR count). The first-order chi connectivity index (χ1) is 10.3. The van der Waals surface area contributed by atoms with Gasteiger partial charge in [0, 0.05) is 11.6 Å². The Bertz CT molecular complexity index is 522. The normalized spacial score (nSPS) is 24.0. The molecule has 1 atom stereocenters. The average molecular weight is 315 g/mol. The van der Waals surface area contributed by atoms with E-state index >= 15 is 0 Å². The largest absolute Gasteiger partial charge is 0.481 e. The van der Waals surface area contributed by atoms with Gasteiger partial charge in [-0.05, 0) is 50.2 Å². The molecule has 0 aliphatic heterocycles. The first-order valence-corrected chi connectivity index (χ1v) is 7.59. The van der Waals surface area contributed by atoms with Crippen molar-refractivity contribution in [3.05, 3.63) is 29.6 Å². The molecule has 0 aromatic carbocycles. The predicted octanol–water partition coefficient (Wildman–Crippen LogP) is 4.49. The number of alkyl halides is 3. The third-order valence-electron chi connectivity index (χ3n) is 4.58. The first kappa shape index (κ1) is 16.8. The van der Waals surface area contributed by atoms with Gasteiger partial charge < -0.3 is 5.11 Å². The Hall–Kier alpha value is -1.59. The maximum atomic E-state index is 12.7. The van der Waals surface area contributed by atoms with Crippen molar-refractivity contribution in [1.29, 1.82) is 0 Å². The van der Waals surface area contributed by atoms with E-state index in [0.717, 1.165) is 18.9 Å². The smallest absolute Gasteiger partial charge is 0.433 e. The molecule has 1 aliphatic rings. The number of aromatic nitrogens is 1. The Morgan fingerprint density at radius 3 is 2.45 bits per heavy atom. The van der Waals surface area contributed by atoms with E-state index in [0.29, 0.717) is 25.0 Å². The Morgan fingerprint density at radius 2 is 1.95 bits per heavy atom. The Labute approximate surface area is 127 Å². The van der Waals surface area contributed by atoms with Crippen molar-refractivity contribution in [2.45, 2.75) is 51.1 Å². The highest BCUT2D eigenvalue weighted by Gasteiger charge is 2.35. The highest BCUT2D eigenvalue weighted by atomic mass is 19.4. The summed E-state index contributed by atoms with van der Waals surface area (Å²) in [5, 5.41) is 9.20. The van der Waals surface area contributed by atoms with Gasteiger partial charge in [0.1, 0.15) is 5.69 Å².